The van der Waals surface area contributed by atoms with E-state index in [1.165, 1.54) is 12.1 Å². The van der Waals surface area contributed by atoms with Crippen LogP contribution in [0.2, 0.25) is 0 Å². The van der Waals surface area contributed by atoms with E-state index < -0.39 is 6.61 Å². The summed E-state index contributed by atoms with van der Waals surface area (Å²) in [6.07, 6.45) is 0.739. The standard InChI is InChI=1S/C18H20F2N2O3S/c1-23-15-8-3-12(11-16(15)24-2)9-10-21-18(26)22-13-4-6-14(7-5-13)25-17(19)20/h3-8,11,17H,9-10H2,1-2H3,(H2,21,22,26). The van der Waals surface area contributed by atoms with Crippen LogP contribution in [0.3, 0.4) is 0 Å². The average Bonchev–Trinajstić information content (AvgIpc) is 2.62. The molecule has 0 spiro atoms. The van der Waals surface area contributed by atoms with Gasteiger partial charge in [0, 0.05) is 12.2 Å². The second-order valence-electron chi connectivity index (χ2n) is 5.22. The van der Waals surface area contributed by atoms with E-state index in [0.29, 0.717) is 28.8 Å². The topological polar surface area (TPSA) is 51.8 Å². The van der Waals surface area contributed by atoms with Gasteiger partial charge in [0.05, 0.1) is 14.2 Å². The minimum atomic E-state index is -2.84. The van der Waals surface area contributed by atoms with E-state index in [0.717, 1.165) is 12.0 Å². The van der Waals surface area contributed by atoms with E-state index in [2.05, 4.69) is 15.4 Å². The van der Waals surface area contributed by atoms with Crippen molar-refractivity contribution in [1.29, 1.82) is 0 Å². The summed E-state index contributed by atoms with van der Waals surface area (Å²) in [5, 5.41) is 6.51. The largest absolute Gasteiger partial charge is 0.493 e. The van der Waals surface area contributed by atoms with Crippen molar-refractivity contribution in [1.82, 2.24) is 5.32 Å². The van der Waals surface area contributed by atoms with Crippen LogP contribution in [0.5, 0.6) is 17.2 Å². The molecule has 0 aliphatic carbocycles. The first kappa shape index (κ1) is 19.7. The van der Waals surface area contributed by atoms with Crippen LogP contribution in [-0.4, -0.2) is 32.5 Å². The van der Waals surface area contributed by atoms with Gasteiger partial charge in [0.2, 0.25) is 0 Å². The van der Waals surface area contributed by atoms with Crippen molar-refractivity contribution in [3.8, 4) is 17.2 Å². The van der Waals surface area contributed by atoms with Crippen LogP contribution in [0.1, 0.15) is 5.56 Å². The highest BCUT2D eigenvalue weighted by Crippen LogP contribution is 2.27. The zero-order valence-corrected chi connectivity index (χ0v) is 15.2. The molecule has 26 heavy (non-hydrogen) atoms. The highest BCUT2D eigenvalue weighted by Gasteiger charge is 2.06. The number of ether oxygens (including phenoxy) is 3. The highest BCUT2D eigenvalue weighted by atomic mass is 32.1. The maximum absolute atomic E-state index is 12.1. The van der Waals surface area contributed by atoms with E-state index in [4.69, 9.17) is 21.7 Å². The van der Waals surface area contributed by atoms with Gasteiger partial charge >= 0.3 is 6.61 Å². The first-order chi connectivity index (χ1) is 12.5. The number of nitrogens with one attached hydrogen (secondary N) is 2. The lowest BCUT2D eigenvalue weighted by molar-refractivity contribution is -0.0498. The number of thiocarbonyl (C=S) groups is 1. The van der Waals surface area contributed by atoms with Gasteiger partial charge in [0.25, 0.3) is 0 Å². The first-order valence-electron chi connectivity index (χ1n) is 7.82. The molecule has 0 unspecified atom stereocenters. The van der Waals surface area contributed by atoms with E-state index in [1.807, 2.05) is 18.2 Å². The number of halogens is 2. The Hall–Kier alpha value is -2.61. The maximum atomic E-state index is 12.1. The van der Waals surface area contributed by atoms with Crippen molar-refractivity contribution < 1.29 is 23.0 Å². The van der Waals surface area contributed by atoms with Crippen molar-refractivity contribution in [2.45, 2.75) is 13.0 Å². The zero-order valence-electron chi connectivity index (χ0n) is 14.4. The van der Waals surface area contributed by atoms with Gasteiger partial charge < -0.3 is 24.8 Å². The molecule has 0 atom stereocenters. The molecule has 0 heterocycles. The van der Waals surface area contributed by atoms with E-state index in [-0.39, 0.29) is 5.75 Å². The number of hydrogen-bond acceptors (Lipinski definition) is 4. The summed E-state index contributed by atoms with van der Waals surface area (Å²) in [5.74, 6) is 1.45. The van der Waals surface area contributed by atoms with Gasteiger partial charge in [-0.25, -0.2) is 0 Å². The van der Waals surface area contributed by atoms with Crippen molar-refractivity contribution in [2.24, 2.45) is 0 Å². The van der Waals surface area contributed by atoms with Gasteiger partial charge in [-0.3, -0.25) is 0 Å². The number of alkyl halides is 2. The van der Waals surface area contributed by atoms with Crippen LogP contribution in [0.4, 0.5) is 14.5 Å². The quantitative estimate of drug-likeness (QED) is 0.677. The maximum Gasteiger partial charge on any atom is 0.387 e. The Morgan fingerprint density at radius 1 is 1.04 bits per heavy atom. The summed E-state index contributed by atoms with van der Waals surface area (Å²) in [4.78, 5) is 0. The van der Waals surface area contributed by atoms with Gasteiger partial charge in [0.1, 0.15) is 5.75 Å². The lowest BCUT2D eigenvalue weighted by atomic mass is 10.1. The Morgan fingerprint density at radius 2 is 1.73 bits per heavy atom. The Morgan fingerprint density at radius 3 is 2.35 bits per heavy atom. The summed E-state index contributed by atoms with van der Waals surface area (Å²) in [5.41, 5.74) is 1.75. The van der Waals surface area contributed by atoms with Crippen molar-refractivity contribution in [3.63, 3.8) is 0 Å². The lowest BCUT2D eigenvalue weighted by Crippen LogP contribution is -2.30. The third-order valence-corrected chi connectivity index (χ3v) is 3.73. The molecule has 0 aliphatic rings. The second-order valence-corrected chi connectivity index (χ2v) is 5.63. The zero-order chi connectivity index (χ0) is 18.9. The molecular weight excluding hydrogens is 362 g/mol. The van der Waals surface area contributed by atoms with Gasteiger partial charge in [-0.1, -0.05) is 6.07 Å². The molecule has 0 bridgehead atoms. The fourth-order valence-electron chi connectivity index (χ4n) is 2.25. The Labute approximate surface area is 156 Å². The first-order valence-corrected chi connectivity index (χ1v) is 8.23. The molecule has 0 fully saturated rings. The van der Waals surface area contributed by atoms with Crippen LogP contribution in [0.15, 0.2) is 42.5 Å². The lowest BCUT2D eigenvalue weighted by Gasteiger charge is -2.12. The fourth-order valence-corrected chi connectivity index (χ4v) is 2.47. The fraction of sp³-hybridized carbons (Fsp3) is 0.278. The van der Waals surface area contributed by atoms with E-state index in [9.17, 15) is 8.78 Å². The predicted molar refractivity (Wildman–Crippen MR) is 101 cm³/mol. The molecule has 0 amide bonds. The van der Waals surface area contributed by atoms with Crippen LogP contribution in [0.25, 0.3) is 0 Å². The number of anilines is 1. The summed E-state index contributed by atoms with van der Waals surface area (Å²) in [6.45, 7) is -2.22. The van der Waals surface area contributed by atoms with Gasteiger partial charge in [-0.05, 0) is 60.6 Å². The normalized spacial score (nSPS) is 10.3. The molecular formula is C18H20F2N2O3S. The molecule has 140 valence electrons. The minimum absolute atomic E-state index is 0.0953. The predicted octanol–water partition coefficient (Wildman–Crippen LogP) is 3.83. The number of benzene rings is 2. The molecule has 0 aromatic heterocycles. The SMILES string of the molecule is COc1ccc(CCNC(=S)Nc2ccc(OC(F)F)cc2)cc1OC. The molecule has 2 rings (SSSR count). The van der Waals surface area contributed by atoms with E-state index >= 15 is 0 Å². The van der Waals surface area contributed by atoms with Crippen LogP contribution < -0.4 is 24.8 Å². The average molecular weight is 382 g/mol. The Bertz CT molecular complexity index is 727. The Balaban J connectivity index is 1.80. The third-order valence-electron chi connectivity index (χ3n) is 3.48. The molecule has 8 heteroatoms. The molecule has 2 N–H and O–H groups in total. The van der Waals surface area contributed by atoms with Crippen molar-refractivity contribution >= 4 is 23.0 Å². The van der Waals surface area contributed by atoms with Crippen LogP contribution in [-0.2, 0) is 6.42 Å². The molecule has 2 aromatic carbocycles. The number of hydrogen-bond donors (Lipinski definition) is 2. The summed E-state index contributed by atoms with van der Waals surface area (Å²) in [6, 6.07) is 11.8. The molecule has 0 saturated heterocycles. The van der Waals surface area contributed by atoms with E-state index in [1.54, 1.807) is 26.4 Å². The molecule has 0 radical (unpaired) electrons. The summed E-state index contributed by atoms with van der Waals surface area (Å²) >= 11 is 5.22. The van der Waals surface area contributed by atoms with Crippen LogP contribution >= 0.6 is 12.2 Å². The van der Waals surface area contributed by atoms with Crippen molar-refractivity contribution in [3.05, 3.63) is 48.0 Å². The minimum Gasteiger partial charge on any atom is -0.493 e. The number of rotatable bonds is 8. The van der Waals surface area contributed by atoms with Gasteiger partial charge in [0.15, 0.2) is 16.6 Å². The highest BCUT2D eigenvalue weighted by molar-refractivity contribution is 7.80. The van der Waals surface area contributed by atoms with Gasteiger partial charge in [-0.2, -0.15) is 8.78 Å². The summed E-state index contributed by atoms with van der Waals surface area (Å²) in [7, 11) is 3.19. The molecule has 0 aliphatic heterocycles. The van der Waals surface area contributed by atoms with Crippen LogP contribution in [0, 0.1) is 0 Å². The molecule has 5 nitrogen and oxygen atoms in total. The molecule has 2 aromatic rings. The Kier molecular flexibility index (Phi) is 7.40. The second kappa shape index (κ2) is 9.76. The number of methoxy groups -OCH3 is 2. The monoisotopic (exact) mass is 382 g/mol. The summed E-state index contributed by atoms with van der Waals surface area (Å²) < 4.78 is 39.0. The van der Waals surface area contributed by atoms with Gasteiger partial charge in [-0.15, -0.1) is 0 Å². The molecule has 0 saturated carbocycles. The third kappa shape index (κ3) is 6.03. The van der Waals surface area contributed by atoms with Crippen molar-refractivity contribution in [2.75, 3.05) is 26.1 Å². The smallest absolute Gasteiger partial charge is 0.387 e.